The van der Waals surface area contributed by atoms with E-state index in [-0.39, 0.29) is 36.4 Å². The highest BCUT2D eigenvalue weighted by molar-refractivity contribution is 8.76. The Labute approximate surface area is 191 Å². The molecular formula is C18H20F3N3O7S2. The number of hydrogen-bond acceptors (Lipinski definition) is 7. The van der Waals surface area contributed by atoms with Crippen LogP contribution in [0.4, 0.5) is 13.2 Å². The molecule has 15 heteroatoms. The molecule has 2 aromatic rings. The summed E-state index contributed by atoms with van der Waals surface area (Å²) in [6, 6.07) is 6.54. The zero-order chi connectivity index (χ0) is 25.0. The second-order valence-corrected chi connectivity index (χ2v) is 8.84. The van der Waals surface area contributed by atoms with Crippen molar-refractivity contribution in [2.45, 2.75) is 25.6 Å². The number of H-pyrrole nitrogens is 1. The van der Waals surface area contributed by atoms with Gasteiger partial charge >= 0.3 is 18.1 Å². The van der Waals surface area contributed by atoms with Crippen LogP contribution in [0.25, 0.3) is 10.8 Å². The van der Waals surface area contributed by atoms with Crippen LogP contribution in [0.5, 0.6) is 0 Å². The highest BCUT2D eigenvalue weighted by atomic mass is 33.1. The summed E-state index contributed by atoms with van der Waals surface area (Å²) in [6.07, 6.45) is -4.90. The average Bonchev–Trinajstić information content (AvgIpc) is 2.74. The standard InChI is InChI=1S/C16H19N3O5S2.C2HF3O2/c20-13(17-7-10-26-25-9-6-14(21)22)5-8-19-16(24)12-4-2-1-3-11(12)15(23)18-19;3-2(4,5)1(6)7/h1-4H,5-10H2,(H,17,20)(H,18,23)(H,21,22);(H,6,7). The number of fused-ring (bicyclic) bond motifs is 1. The summed E-state index contributed by atoms with van der Waals surface area (Å²) in [5.74, 6) is -2.63. The van der Waals surface area contributed by atoms with Crippen LogP contribution in [0.1, 0.15) is 12.8 Å². The molecule has 0 radical (unpaired) electrons. The Bertz CT molecular complexity index is 1090. The molecule has 0 saturated heterocycles. The number of nitrogens with one attached hydrogen (secondary N) is 2. The second kappa shape index (κ2) is 13.6. The summed E-state index contributed by atoms with van der Waals surface area (Å²) in [4.78, 5) is 55.4. The minimum absolute atomic E-state index is 0.0744. The quantitative estimate of drug-likeness (QED) is 0.275. The lowest BCUT2D eigenvalue weighted by atomic mass is 10.2. The summed E-state index contributed by atoms with van der Waals surface area (Å²) < 4.78 is 32.9. The SMILES string of the molecule is O=C(O)C(F)(F)F.O=C(O)CCSSCCNC(=O)CCn1[nH]c(=O)c2ccccc2c1=O. The molecule has 0 unspecified atom stereocenters. The number of carbonyl (C=O) groups excluding carboxylic acids is 1. The van der Waals surface area contributed by atoms with Gasteiger partial charge in [0.2, 0.25) is 5.91 Å². The first-order valence-corrected chi connectivity index (χ1v) is 11.7. The van der Waals surface area contributed by atoms with Crippen LogP contribution < -0.4 is 16.4 Å². The fraction of sp³-hybridized carbons (Fsp3) is 0.389. The maximum absolute atomic E-state index is 12.3. The van der Waals surface area contributed by atoms with E-state index in [0.29, 0.717) is 28.8 Å². The Hall–Kier alpha value is -2.94. The summed E-state index contributed by atoms with van der Waals surface area (Å²) in [5, 5.41) is 21.5. The first kappa shape index (κ1) is 28.1. The molecule has 0 atom stereocenters. The van der Waals surface area contributed by atoms with Crippen molar-refractivity contribution in [2.24, 2.45) is 0 Å². The number of benzene rings is 1. The number of aromatic nitrogens is 2. The summed E-state index contributed by atoms with van der Waals surface area (Å²) in [6.45, 7) is 0.540. The van der Waals surface area contributed by atoms with Gasteiger partial charge in [-0.15, -0.1) is 0 Å². The first-order valence-electron chi connectivity index (χ1n) is 9.18. The van der Waals surface area contributed by atoms with Gasteiger partial charge in [0.25, 0.3) is 11.1 Å². The van der Waals surface area contributed by atoms with Crippen LogP contribution in [-0.4, -0.2) is 62.1 Å². The molecule has 0 bridgehead atoms. The molecule has 10 nitrogen and oxygen atoms in total. The number of aryl methyl sites for hydroxylation is 1. The third kappa shape index (κ3) is 10.5. The summed E-state index contributed by atoms with van der Waals surface area (Å²) in [5.41, 5.74) is -0.700. The van der Waals surface area contributed by atoms with Crippen molar-refractivity contribution in [1.82, 2.24) is 15.1 Å². The molecule has 1 amide bonds. The van der Waals surface area contributed by atoms with Crippen LogP contribution in [0.2, 0.25) is 0 Å². The normalized spacial score (nSPS) is 10.9. The molecule has 0 aliphatic carbocycles. The molecular weight excluding hydrogens is 491 g/mol. The Balaban J connectivity index is 0.000000675. The predicted molar refractivity (Wildman–Crippen MR) is 117 cm³/mol. The van der Waals surface area contributed by atoms with E-state index in [1.54, 1.807) is 24.3 Å². The molecule has 1 heterocycles. The number of hydrogen-bond donors (Lipinski definition) is 4. The van der Waals surface area contributed by atoms with Crippen molar-refractivity contribution in [1.29, 1.82) is 0 Å². The van der Waals surface area contributed by atoms with Crippen LogP contribution in [0, 0.1) is 0 Å². The Kier molecular flexibility index (Phi) is 11.6. The van der Waals surface area contributed by atoms with E-state index in [9.17, 15) is 32.3 Å². The number of rotatable bonds is 10. The lowest BCUT2D eigenvalue weighted by molar-refractivity contribution is -0.192. The van der Waals surface area contributed by atoms with E-state index in [2.05, 4.69) is 10.4 Å². The Morgan fingerprint density at radius 2 is 1.58 bits per heavy atom. The highest BCUT2D eigenvalue weighted by Gasteiger charge is 2.38. The van der Waals surface area contributed by atoms with Crippen LogP contribution in [-0.2, 0) is 20.9 Å². The predicted octanol–water partition coefficient (Wildman–Crippen LogP) is 1.69. The number of carboxylic acid groups (broad SMARTS) is 2. The van der Waals surface area contributed by atoms with Crippen molar-refractivity contribution in [3.63, 3.8) is 0 Å². The smallest absolute Gasteiger partial charge is 0.481 e. The van der Waals surface area contributed by atoms with Gasteiger partial charge in [0.1, 0.15) is 0 Å². The minimum atomic E-state index is -5.08. The number of carboxylic acids is 2. The van der Waals surface area contributed by atoms with Crippen molar-refractivity contribution < 1.29 is 37.8 Å². The molecule has 0 aliphatic rings. The van der Waals surface area contributed by atoms with Gasteiger partial charge in [0, 0.05) is 24.5 Å². The fourth-order valence-corrected chi connectivity index (χ4v) is 4.07. The monoisotopic (exact) mass is 511 g/mol. The molecule has 182 valence electrons. The Morgan fingerprint density at radius 3 is 2.15 bits per heavy atom. The third-order valence-electron chi connectivity index (χ3n) is 3.68. The average molecular weight is 512 g/mol. The molecule has 1 aromatic heterocycles. The van der Waals surface area contributed by atoms with Gasteiger partial charge in [0.15, 0.2) is 0 Å². The molecule has 33 heavy (non-hydrogen) atoms. The number of amides is 1. The summed E-state index contributed by atoms with van der Waals surface area (Å²) in [7, 11) is 2.94. The lowest BCUT2D eigenvalue weighted by Gasteiger charge is -2.08. The molecule has 2 rings (SSSR count). The van der Waals surface area contributed by atoms with Crippen LogP contribution >= 0.6 is 21.6 Å². The van der Waals surface area contributed by atoms with E-state index in [1.165, 1.54) is 21.6 Å². The molecule has 0 spiro atoms. The lowest BCUT2D eigenvalue weighted by Crippen LogP contribution is -2.33. The van der Waals surface area contributed by atoms with E-state index in [0.717, 1.165) is 4.68 Å². The van der Waals surface area contributed by atoms with E-state index in [4.69, 9.17) is 15.0 Å². The number of halogens is 3. The van der Waals surface area contributed by atoms with Gasteiger partial charge in [-0.25, -0.2) is 9.48 Å². The van der Waals surface area contributed by atoms with Gasteiger partial charge < -0.3 is 15.5 Å². The summed E-state index contributed by atoms with van der Waals surface area (Å²) >= 11 is 0. The third-order valence-corrected chi connectivity index (χ3v) is 6.09. The second-order valence-electron chi connectivity index (χ2n) is 6.13. The number of alkyl halides is 3. The molecule has 0 aliphatic heterocycles. The Morgan fingerprint density at radius 1 is 1.00 bits per heavy atom. The van der Waals surface area contributed by atoms with Gasteiger partial charge in [-0.2, -0.15) is 13.2 Å². The van der Waals surface area contributed by atoms with E-state index < -0.39 is 18.1 Å². The fourth-order valence-electron chi connectivity index (χ4n) is 2.18. The zero-order valence-electron chi connectivity index (χ0n) is 16.9. The van der Waals surface area contributed by atoms with Crippen molar-refractivity contribution in [2.75, 3.05) is 18.1 Å². The number of nitrogens with zero attached hydrogens (tertiary/aromatic N) is 1. The molecule has 0 saturated carbocycles. The first-order chi connectivity index (χ1) is 15.4. The molecule has 4 N–H and O–H groups in total. The molecule has 0 fully saturated rings. The number of carbonyl (C=O) groups is 3. The highest BCUT2D eigenvalue weighted by Crippen LogP contribution is 2.20. The van der Waals surface area contributed by atoms with Crippen molar-refractivity contribution >= 4 is 50.2 Å². The maximum Gasteiger partial charge on any atom is 0.490 e. The van der Waals surface area contributed by atoms with E-state index in [1.807, 2.05) is 0 Å². The van der Waals surface area contributed by atoms with Crippen molar-refractivity contribution in [3.8, 4) is 0 Å². The zero-order valence-corrected chi connectivity index (χ0v) is 18.5. The largest absolute Gasteiger partial charge is 0.490 e. The van der Waals surface area contributed by atoms with Crippen molar-refractivity contribution in [3.05, 3.63) is 45.0 Å². The van der Waals surface area contributed by atoms with Gasteiger partial charge in [-0.05, 0) is 12.1 Å². The topological polar surface area (TPSA) is 159 Å². The number of aromatic amines is 1. The maximum atomic E-state index is 12.3. The van der Waals surface area contributed by atoms with Gasteiger partial charge in [0.05, 0.1) is 23.7 Å². The van der Waals surface area contributed by atoms with Gasteiger partial charge in [-0.3, -0.25) is 24.3 Å². The van der Waals surface area contributed by atoms with Gasteiger partial charge in [-0.1, -0.05) is 33.7 Å². The minimum Gasteiger partial charge on any atom is -0.481 e. The molecule has 1 aromatic carbocycles. The number of aliphatic carboxylic acids is 2. The van der Waals surface area contributed by atoms with Crippen LogP contribution in [0.3, 0.4) is 0 Å². The van der Waals surface area contributed by atoms with Crippen LogP contribution in [0.15, 0.2) is 33.9 Å². The van der Waals surface area contributed by atoms with E-state index >= 15 is 0 Å².